The summed E-state index contributed by atoms with van der Waals surface area (Å²) in [5.41, 5.74) is 1.51. The highest BCUT2D eigenvalue weighted by atomic mass is 16.4. The summed E-state index contributed by atoms with van der Waals surface area (Å²) in [6, 6.07) is 12.8. The van der Waals surface area contributed by atoms with Crippen molar-refractivity contribution < 1.29 is 15.0 Å². The number of anilines is 1. The van der Waals surface area contributed by atoms with Gasteiger partial charge in [0.2, 0.25) is 0 Å². The van der Waals surface area contributed by atoms with Crippen molar-refractivity contribution >= 4 is 17.4 Å². The molecular weight excluding hydrogens is 322 g/mol. The van der Waals surface area contributed by atoms with Crippen LogP contribution in [0.15, 0.2) is 42.5 Å². The molecule has 3 aromatic rings. The van der Waals surface area contributed by atoms with Gasteiger partial charge in [-0.1, -0.05) is 30.3 Å². The summed E-state index contributed by atoms with van der Waals surface area (Å²) in [6.07, 6.45) is -0.103. The highest BCUT2D eigenvalue weighted by Crippen LogP contribution is 2.28. The molecule has 3 N–H and O–H groups in total. The molecule has 0 spiro atoms. The topological polar surface area (TPSA) is 113 Å². The van der Waals surface area contributed by atoms with Gasteiger partial charge in [-0.15, -0.1) is 15.3 Å². The zero-order valence-corrected chi connectivity index (χ0v) is 13.3. The van der Waals surface area contributed by atoms with Crippen molar-refractivity contribution in [2.45, 2.75) is 25.0 Å². The van der Waals surface area contributed by atoms with Crippen molar-refractivity contribution in [2.24, 2.45) is 5.92 Å². The van der Waals surface area contributed by atoms with Crippen LogP contribution < -0.4 is 5.32 Å². The van der Waals surface area contributed by atoms with E-state index < -0.39 is 18.0 Å². The molecular formula is C17H17N5O3. The highest BCUT2D eigenvalue weighted by molar-refractivity contribution is 5.70. The van der Waals surface area contributed by atoms with Gasteiger partial charge in [-0.05, 0) is 25.0 Å². The number of nitrogens with one attached hydrogen (secondary N) is 1. The third kappa shape index (κ3) is 2.91. The second kappa shape index (κ2) is 6.14. The van der Waals surface area contributed by atoms with Gasteiger partial charge >= 0.3 is 5.97 Å². The Labute approximate surface area is 143 Å². The van der Waals surface area contributed by atoms with Crippen LogP contribution in [0.25, 0.3) is 17.0 Å². The van der Waals surface area contributed by atoms with E-state index in [0.717, 1.165) is 5.56 Å². The van der Waals surface area contributed by atoms with Crippen LogP contribution in [-0.2, 0) is 4.79 Å². The molecule has 1 aromatic carbocycles. The molecule has 3 atom stereocenters. The van der Waals surface area contributed by atoms with Crippen LogP contribution in [0, 0.1) is 5.92 Å². The Morgan fingerprint density at radius 3 is 2.64 bits per heavy atom. The van der Waals surface area contributed by atoms with Crippen LogP contribution in [0.5, 0.6) is 0 Å². The Kier molecular flexibility index (Phi) is 3.81. The van der Waals surface area contributed by atoms with Crippen molar-refractivity contribution in [2.75, 3.05) is 5.32 Å². The SMILES string of the molecule is O=C(O)C1CC(O)C(Nc2ccc3nnc(-c4ccccc4)n3n2)C1. The number of aliphatic hydroxyl groups is 1. The quantitative estimate of drug-likeness (QED) is 0.659. The van der Waals surface area contributed by atoms with Gasteiger partial charge in [0.1, 0.15) is 5.82 Å². The lowest BCUT2D eigenvalue weighted by atomic mass is 10.1. The smallest absolute Gasteiger partial charge is 0.306 e. The number of carboxylic acids is 1. The zero-order chi connectivity index (χ0) is 17.4. The van der Waals surface area contributed by atoms with Crippen molar-refractivity contribution in [1.82, 2.24) is 19.8 Å². The minimum absolute atomic E-state index is 0.247. The van der Waals surface area contributed by atoms with Gasteiger partial charge < -0.3 is 15.5 Å². The number of hydrogen-bond donors (Lipinski definition) is 3. The molecule has 4 rings (SSSR count). The van der Waals surface area contributed by atoms with Crippen LogP contribution in [0.2, 0.25) is 0 Å². The fourth-order valence-electron chi connectivity index (χ4n) is 3.20. The summed E-state index contributed by atoms with van der Waals surface area (Å²) in [5.74, 6) is -0.253. The molecule has 0 aliphatic heterocycles. The first kappa shape index (κ1) is 15.5. The number of rotatable bonds is 4. The maximum Gasteiger partial charge on any atom is 0.306 e. The Balaban J connectivity index is 1.62. The average molecular weight is 339 g/mol. The third-order valence-corrected chi connectivity index (χ3v) is 4.51. The van der Waals surface area contributed by atoms with Crippen LogP contribution in [0.4, 0.5) is 5.82 Å². The fourth-order valence-corrected chi connectivity index (χ4v) is 3.20. The monoisotopic (exact) mass is 339 g/mol. The van der Waals surface area contributed by atoms with Gasteiger partial charge in [0, 0.05) is 5.56 Å². The van der Waals surface area contributed by atoms with Gasteiger partial charge in [0.25, 0.3) is 0 Å². The van der Waals surface area contributed by atoms with E-state index in [1.54, 1.807) is 16.6 Å². The van der Waals surface area contributed by atoms with Gasteiger partial charge in [-0.2, -0.15) is 4.52 Å². The number of carbonyl (C=O) groups is 1. The summed E-state index contributed by atoms with van der Waals surface area (Å²) in [4.78, 5) is 11.1. The molecule has 2 aromatic heterocycles. The second-order valence-electron chi connectivity index (χ2n) is 6.20. The van der Waals surface area contributed by atoms with E-state index >= 15 is 0 Å². The molecule has 128 valence electrons. The molecule has 0 radical (unpaired) electrons. The molecule has 1 aliphatic rings. The van der Waals surface area contributed by atoms with Crippen molar-refractivity contribution in [3.63, 3.8) is 0 Å². The minimum atomic E-state index is -0.878. The molecule has 2 heterocycles. The normalized spacial score (nSPS) is 23.0. The maximum absolute atomic E-state index is 11.1. The number of aromatic nitrogens is 4. The van der Waals surface area contributed by atoms with Crippen molar-refractivity contribution in [3.8, 4) is 11.4 Å². The van der Waals surface area contributed by atoms with Crippen LogP contribution in [0.3, 0.4) is 0 Å². The van der Waals surface area contributed by atoms with E-state index in [2.05, 4.69) is 20.6 Å². The minimum Gasteiger partial charge on any atom is -0.481 e. The van der Waals surface area contributed by atoms with Crippen molar-refractivity contribution in [3.05, 3.63) is 42.5 Å². The molecule has 25 heavy (non-hydrogen) atoms. The van der Waals surface area contributed by atoms with Gasteiger partial charge in [0.15, 0.2) is 11.5 Å². The Morgan fingerprint density at radius 1 is 1.12 bits per heavy atom. The first-order valence-electron chi connectivity index (χ1n) is 8.07. The molecule has 1 aliphatic carbocycles. The fraction of sp³-hybridized carbons (Fsp3) is 0.294. The molecule has 0 amide bonds. The van der Waals surface area contributed by atoms with Gasteiger partial charge in [-0.3, -0.25) is 4.79 Å². The van der Waals surface area contributed by atoms with E-state index in [1.807, 2.05) is 30.3 Å². The predicted octanol–water partition coefficient (Wildman–Crippen LogP) is 1.43. The van der Waals surface area contributed by atoms with Gasteiger partial charge in [-0.25, -0.2) is 0 Å². The Morgan fingerprint density at radius 2 is 1.92 bits per heavy atom. The molecule has 8 heteroatoms. The van der Waals surface area contributed by atoms with E-state index in [9.17, 15) is 9.90 Å². The number of carboxylic acid groups (broad SMARTS) is 1. The lowest BCUT2D eigenvalue weighted by Crippen LogP contribution is -2.28. The molecule has 1 saturated carbocycles. The number of benzene rings is 1. The Bertz CT molecular complexity index is 911. The van der Waals surface area contributed by atoms with E-state index in [-0.39, 0.29) is 12.5 Å². The first-order chi connectivity index (χ1) is 12.1. The summed E-state index contributed by atoms with van der Waals surface area (Å²) < 4.78 is 1.63. The predicted molar refractivity (Wildman–Crippen MR) is 90.0 cm³/mol. The number of fused-ring (bicyclic) bond motifs is 1. The van der Waals surface area contributed by atoms with Crippen LogP contribution in [-0.4, -0.2) is 48.1 Å². The molecule has 1 fully saturated rings. The standard InChI is InChI=1S/C17H17N5O3/c23-13-9-11(17(24)25)8-12(13)18-14-6-7-15-19-20-16(22(15)21-14)10-4-2-1-3-5-10/h1-7,11-13,23H,8-9H2,(H,18,21)(H,24,25). The molecule has 3 unspecified atom stereocenters. The lowest BCUT2D eigenvalue weighted by Gasteiger charge is -2.16. The zero-order valence-electron chi connectivity index (χ0n) is 13.3. The largest absolute Gasteiger partial charge is 0.481 e. The second-order valence-corrected chi connectivity index (χ2v) is 6.20. The summed E-state index contributed by atoms with van der Waals surface area (Å²) in [5, 5.41) is 35.1. The first-order valence-corrected chi connectivity index (χ1v) is 8.07. The van der Waals surface area contributed by atoms with Crippen LogP contribution in [0.1, 0.15) is 12.8 Å². The maximum atomic E-state index is 11.1. The summed E-state index contributed by atoms with van der Waals surface area (Å²) in [6.45, 7) is 0. The van der Waals surface area contributed by atoms with Crippen molar-refractivity contribution in [1.29, 1.82) is 0 Å². The van der Waals surface area contributed by atoms with E-state index in [0.29, 0.717) is 23.7 Å². The number of hydrogen-bond acceptors (Lipinski definition) is 6. The summed E-state index contributed by atoms with van der Waals surface area (Å²) >= 11 is 0. The van der Waals surface area contributed by atoms with E-state index in [1.165, 1.54) is 0 Å². The average Bonchev–Trinajstić information content (AvgIpc) is 3.19. The third-order valence-electron chi connectivity index (χ3n) is 4.51. The lowest BCUT2D eigenvalue weighted by molar-refractivity contribution is -0.141. The Hall–Kier alpha value is -3.00. The number of nitrogens with zero attached hydrogens (tertiary/aromatic N) is 4. The summed E-state index contributed by atoms with van der Waals surface area (Å²) in [7, 11) is 0. The van der Waals surface area contributed by atoms with Crippen LogP contribution >= 0.6 is 0 Å². The number of aliphatic carboxylic acids is 1. The highest BCUT2D eigenvalue weighted by Gasteiger charge is 2.37. The van der Waals surface area contributed by atoms with E-state index in [4.69, 9.17) is 5.11 Å². The number of aliphatic hydroxyl groups excluding tert-OH is 1. The van der Waals surface area contributed by atoms with Gasteiger partial charge in [0.05, 0.1) is 18.1 Å². The molecule has 0 saturated heterocycles. The molecule has 8 nitrogen and oxygen atoms in total. The molecule has 0 bridgehead atoms.